The normalized spacial score (nSPS) is 10.2. The highest BCUT2D eigenvalue weighted by molar-refractivity contribution is 9.10. The minimum atomic E-state index is -0.746. The highest BCUT2D eigenvalue weighted by atomic mass is 79.9. The predicted molar refractivity (Wildman–Crippen MR) is 80.5 cm³/mol. The lowest BCUT2D eigenvalue weighted by Gasteiger charge is -2.07. The summed E-state index contributed by atoms with van der Waals surface area (Å²) in [5.74, 6) is -0.400. The van der Waals surface area contributed by atoms with Gasteiger partial charge in [-0.05, 0) is 41.1 Å². The van der Waals surface area contributed by atoms with E-state index in [-0.39, 0.29) is 16.5 Å². The van der Waals surface area contributed by atoms with Crippen molar-refractivity contribution in [3.05, 3.63) is 55.4 Å². The molecule has 0 aliphatic rings. The van der Waals surface area contributed by atoms with Crippen LogP contribution in [0.5, 0.6) is 0 Å². The van der Waals surface area contributed by atoms with Crippen LogP contribution >= 0.6 is 27.5 Å². The van der Waals surface area contributed by atoms with E-state index in [1.165, 1.54) is 12.3 Å². The van der Waals surface area contributed by atoms with Gasteiger partial charge in [0, 0.05) is 10.7 Å². The number of nitrogens with one attached hydrogen (secondary N) is 1. The summed E-state index contributed by atoms with van der Waals surface area (Å²) in [6, 6.07) is 4.51. The molecule has 0 bridgehead atoms. The van der Waals surface area contributed by atoms with E-state index in [9.17, 15) is 14.9 Å². The highest BCUT2D eigenvalue weighted by Gasteiger charge is 2.25. The number of hydrogen-bond acceptors (Lipinski definition) is 5. The molecular weight excluding hydrogens is 364 g/mol. The quantitative estimate of drug-likeness (QED) is 0.507. The van der Waals surface area contributed by atoms with Crippen molar-refractivity contribution in [1.82, 2.24) is 9.97 Å². The van der Waals surface area contributed by atoms with Gasteiger partial charge in [0.2, 0.25) is 5.15 Å². The molecule has 0 spiro atoms. The molecule has 0 aromatic carbocycles. The summed E-state index contributed by atoms with van der Waals surface area (Å²) < 4.78 is 0.790. The van der Waals surface area contributed by atoms with Gasteiger partial charge in [0.25, 0.3) is 5.91 Å². The second-order valence-electron chi connectivity index (χ2n) is 3.97. The third kappa shape index (κ3) is 3.34. The first kappa shape index (κ1) is 15.3. The van der Waals surface area contributed by atoms with Crippen molar-refractivity contribution in [2.75, 3.05) is 5.32 Å². The smallest absolute Gasteiger partial charge is 0.306 e. The van der Waals surface area contributed by atoms with Crippen LogP contribution in [-0.2, 0) is 0 Å². The average molecular weight is 372 g/mol. The molecule has 108 valence electrons. The molecule has 21 heavy (non-hydrogen) atoms. The van der Waals surface area contributed by atoms with Crippen molar-refractivity contribution in [3.63, 3.8) is 0 Å². The van der Waals surface area contributed by atoms with Gasteiger partial charge in [0.1, 0.15) is 11.4 Å². The van der Waals surface area contributed by atoms with Gasteiger partial charge >= 0.3 is 5.69 Å². The van der Waals surface area contributed by atoms with Gasteiger partial charge in [-0.15, -0.1) is 0 Å². The number of anilines is 1. The summed E-state index contributed by atoms with van der Waals surface area (Å²) in [5.41, 5.74) is -0.0390. The fraction of sp³-hybridized carbons (Fsp3) is 0.0833. The molecule has 0 atom stereocenters. The van der Waals surface area contributed by atoms with Crippen LogP contribution in [-0.4, -0.2) is 20.8 Å². The molecule has 0 fully saturated rings. The second-order valence-corrected chi connectivity index (χ2v) is 5.19. The lowest BCUT2D eigenvalue weighted by Crippen LogP contribution is -2.15. The zero-order chi connectivity index (χ0) is 15.6. The zero-order valence-corrected chi connectivity index (χ0v) is 13.0. The second kappa shape index (κ2) is 6.15. The molecule has 2 heterocycles. The van der Waals surface area contributed by atoms with Crippen LogP contribution < -0.4 is 5.32 Å². The SMILES string of the molecule is Cc1nc(NC(=O)c2ccnc(Cl)c2[N+](=O)[O-])ccc1Br. The van der Waals surface area contributed by atoms with Crippen molar-refractivity contribution < 1.29 is 9.72 Å². The van der Waals surface area contributed by atoms with Crippen molar-refractivity contribution in [2.45, 2.75) is 6.92 Å². The van der Waals surface area contributed by atoms with Crippen LogP contribution in [0.15, 0.2) is 28.9 Å². The first-order valence-electron chi connectivity index (χ1n) is 5.63. The molecule has 2 aromatic heterocycles. The largest absolute Gasteiger partial charge is 0.319 e. The molecule has 0 unspecified atom stereocenters. The fourth-order valence-corrected chi connectivity index (χ4v) is 2.03. The minimum absolute atomic E-state index is 0.178. The molecule has 1 N–H and O–H groups in total. The van der Waals surface area contributed by atoms with Gasteiger partial charge in [-0.25, -0.2) is 9.97 Å². The predicted octanol–water partition coefficient (Wildman–Crippen LogP) is 3.36. The number of nitro groups is 1. The van der Waals surface area contributed by atoms with Crippen LogP contribution in [0.4, 0.5) is 11.5 Å². The van der Waals surface area contributed by atoms with Gasteiger partial charge in [0.15, 0.2) is 0 Å². The topological polar surface area (TPSA) is 98.0 Å². The first-order chi connectivity index (χ1) is 9.90. The maximum Gasteiger partial charge on any atom is 0.319 e. The summed E-state index contributed by atoms with van der Waals surface area (Å²) in [6.07, 6.45) is 1.23. The number of rotatable bonds is 3. The Labute approximate surface area is 132 Å². The Morgan fingerprint density at radius 2 is 2.14 bits per heavy atom. The Bertz CT molecular complexity index is 738. The van der Waals surface area contributed by atoms with Gasteiger partial charge in [-0.2, -0.15) is 0 Å². The number of pyridine rings is 2. The van der Waals surface area contributed by atoms with Gasteiger partial charge in [-0.3, -0.25) is 14.9 Å². The summed E-state index contributed by atoms with van der Waals surface area (Å²) in [4.78, 5) is 30.1. The van der Waals surface area contributed by atoms with E-state index in [1.54, 1.807) is 19.1 Å². The Balaban J connectivity index is 2.35. The van der Waals surface area contributed by atoms with Crippen molar-refractivity contribution >= 4 is 44.9 Å². The number of carbonyl (C=O) groups excluding carboxylic acids is 1. The number of aryl methyl sites for hydroxylation is 1. The third-order valence-electron chi connectivity index (χ3n) is 2.57. The molecule has 2 aromatic rings. The highest BCUT2D eigenvalue weighted by Crippen LogP contribution is 2.26. The van der Waals surface area contributed by atoms with Crippen LogP contribution in [0.3, 0.4) is 0 Å². The van der Waals surface area contributed by atoms with Crippen LogP contribution in [0, 0.1) is 17.0 Å². The molecule has 0 radical (unpaired) electrons. The number of amides is 1. The van der Waals surface area contributed by atoms with Crippen molar-refractivity contribution in [1.29, 1.82) is 0 Å². The maximum atomic E-state index is 12.1. The molecule has 1 amide bonds. The van der Waals surface area contributed by atoms with Gasteiger partial charge in [0.05, 0.1) is 10.6 Å². The Morgan fingerprint density at radius 1 is 1.43 bits per heavy atom. The van der Waals surface area contributed by atoms with Crippen molar-refractivity contribution in [3.8, 4) is 0 Å². The van der Waals surface area contributed by atoms with Gasteiger partial charge < -0.3 is 5.32 Å². The number of hydrogen-bond donors (Lipinski definition) is 1. The summed E-state index contributed by atoms with van der Waals surface area (Å²) in [7, 11) is 0. The number of carbonyl (C=O) groups is 1. The average Bonchev–Trinajstić information content (AvgIpc) is 2.42. The number of nitrogens with zero attached hydrogens (tertiary/aromatic N) is 3. The molecule has 0 saturated carbocycles. The summed E-state index contributed by atoms with van der Waals surface area (Å²) in [5, 5.41) is 13.1. The monoisotopic (exact) mass is 370 g/mol. The lowest BCUT2D eigenvalue weighted by atomic mass is 10.2. The zero-order valence-electron chi connectivity index (χ0n) is 10.6. The molecule has 9 heteroatoms. The lowest BCUT2D eigenvalue weighted by molar-refractivity contribution is -0.385. The third-order valence-corrected chi connectivity index (χ3v) is 3.68. The van der Waals surface area contributed by atoms with Crippen LogP contribution in [0.2, 0.25) is 5.15 Å². The van der Waals surface area contributed by atoms with E-state index in [4.69, 9.17) is 11.6 Å². The molecule has 0 aliphatic heterocycles. The standard InChI is InChI=1S/C12H8BrClN4O3/c1-6-8(13)2-3-9(16-6)17-12(19)7-4-5-15-11(14)10(7)18(20)21/h2-5H,1H3,(H,16,17,19). The summed E-state index contributed by atoms with van der Waals surface area (Å²) >= 11 is 8.95. The van der Waals surface area contributed by atoms with Crippen LogP contribution in [0.25, 0.3) is 0 Å². The van der Waals surface area contributed by atoms with E-state index < -0.39 is 16.5 Å². The first-order valence-corrected chi connectivity index (χ1v) is 6.80. The van der Waals surface area contributed by atoms with Gasteiger partial charge in [-0.1, -0.05) is 11.6 Å². The van der Waals surface area contributed by atoms with E-state index in [1.807, 2.05) is 0 Å². The van der Waals surface area contributed by atoms with Crippen LogP contribution in [0.1, 0.15) is 16.1 Å². The molecular formula is C12H8BrClN4O3. The van der Waals surface area contributed by atoms with E-state index in [0.29, 0.717) is 5.69 Å². The maximum absolute atomic E-state index is 12.1. The molecule has 7 nitrogen and oxygen atoms in total. The van der Waals surface area contributed by atoms with E-state index in [2.05, 4.69) is 31.2 Å². The van der Waals surface area contributed by atoms with Crippen molar-refractivity contribution in [2.24, 2.45) is 0 Å². The Kier molecular flexibility index (Phi) is 4.49. The minimum Gasteiger partial charge on any atom is -0.306 e. The Hall–Kier alpha value is -2.06. The number of aromatic nitrogens is 2. The molecule has 0 aliphatic carbocycles. The van der Waals surface area contributed by atoms with E-state index >= 15 is 0 Å². The van der Waals surface area contributed by atoms with E-state index in [0.717, 1.165) is 4.47 Å². The molecule has 0 saturated heterocycles. The fourth-order valence-electron chi connectivity index (χ4n) is 1.58. The number of halogens is 2. The Morgan fingerprint density at radius 3 is 2.76 bits per heavy atom. The molecule has 2 rings (SSSR count). The summed E-state index contributed by atoms with van der Waals surface area (Å²) in [6.45, 7) is 1.76.